The Morgan fingerprint density at radius 1 is 0.920 bits per heavy atom. The number of hydrogen-bond acceptors (Lipinski definition) is 5. The molecule has 2 aromatic rings. The fourth-order valence-electron chi connectivity index (χ4n) is 2.28. The first kappa shape index (κ1) is 18.7. The lowest BCUT2D eigenvalue weighted by Crippen LogP contribution is -2.35. The van der Waals surface area contributed by atoms with Gasteiger partial charge in [-0.25, -0.2) is 0 Å². The minimum absolute atomic E-state index is 0.139. The molecular weight excluding hydrogens is 340 g/mol. The van der Waals surface area contributed by atoms with Gasteiger partial charge < -0.3 is 30.3 Å². The summed E-state index contributed by atoms with van der Waals surface area (Å²) in [6.45, 7) is 1.12. The van der Waals surface area contributed by atoms with E-state index in [1.807, 2.05) is 18.2 Å². The van der Waals surface area contributed by atoms with Gasteiger partial charge in [0, 0.05) is 13.1 Å². The highest BCUT2D eigenvalue weighted by molar-refractivity contribution is 7.80. The number of rotatable bonds is 7. The molecule has 7 heteroatoms. The zero-order valence-corrected chi connectivity index (χ0v) is 15.0. The lowest BCUT2D eigenvalue weighted by molar-refractivity contribution is 0.354. The highest BCUT2D eigenvalue weighted by atomic mass is 32.1. The summed E-state index contributed by atoms with van der Waals surface area (Å²) in [5, 5.41) is 25.5. The number of thiocarbonyl (C=S) groups is 1. The Balaban J connectivity index is 1.77. The van der Waals surface area contributed by atoms with Crippen molar-refractivity contribution in [3.05, 3.63) is 47.5 Å². The van der Waals surface area contributed by atoms with E-state index in [9.17, 15) is 10.2 Å². The number of phenolic OH excluding ortho intramolecular Hbond substituents is 2. The second kappa shape index (κ2) is 8.98. The molecule has 0 bridgehead atoms. The Morgan fingerprint density at radius 3 is 2.32 bits per heavy atom. The van der Waals surface area contributed by atoms with Crippen LogP contribution in [0.4, 0.5) is 0 Å². The van der Waals surface area contributed by atoms with Gasteiger partial charge in [-0.3, -0.25) is 0 Å². The maximum atomic E-state index is 9.47. The number of methoxy groups -OCH3 is 2. The van der Waals surface area contributed by atoms with E-state index in [0.29, 0.717) is 29.7 Å². The quantitative estimate of drug-likeness (QED) is 0.444. The smallest absolute Gasteiger partial charge is 0.166 e. The molecule has 0 amide bonds. The topological polar surface area (TPSA) is 83.0 Å². The van der Waals surface area contributed by atoms with Crippen molar-refractivity contribution in [2.45, 2.75) is 13.0 Å². The van der Waals surface area contributed by atoms with Gasteiger partial charge >= 0.3 is 0 Å². The molecular formula is C18H22N2O4S. The number of phenols is 2. The summed E-state index contributed by atoms with van der Waals surface area (Å²) in [6.07, 6.45) is 0.780. The van der Waals surface area contributed by atoms with Gasteiger partial charge in [0.05, 0.1) is 14.2 Å². The normalized spacial score (nSPS) is 10.2. The fraction of sp³-hybridized carbons (Fsp3) is 0.278. The largest absolute Gasteiger partial charge is 0.504 e. The van der Waals surface area contributed by atoms with E-state index in [1.165, 1.54) is 12.1 Å². The third-order valence-electron chi connectivity index (χ3n) is 3.64. The van der Waals surface area contributed by atoms with Crippen LogP contribution < -0.4 is 20.1 Å². The number of hydrogen-bond donors (Lipinski definition) is 4. The summed E-state index contributed by atoms with van der Waals surface area (Å²) in [7, 11) is 3.22. The number of ether oxygens (including phenoxy) is 2. The first-order chi connectivity index (χ1) is 12.0. The van der Waals surface area contributed by atoms with Crippen LogP contribution in [0.5, 0.6) is 23.0 Å². The Kier molecular flexibility index (Phi) is 6.71. The van der Waals surface area contributed by atoms with Crippen molar-refractivity contribution in [3.63, 3.8) is 0 Å². The highest BCUT2D eigenvalue weighted by Gasteiger charge is 2.05. The van der Waals surface area contributed by atoms with Gasteiger partial charge in [-0.2, -0.15) is 0 Å². The van der Waals surface area contributed by atoms with Gasteiger partial charge in [-0.05, 0) is 54.0 Å². The molecule has 0 aliphatic carbocycles. The van der Waals surface area contributed by atoms with Gasteiger partial charge in [0.2, 0.25) is 0 Å². The predicted molar refractivity (Wildman–Crippen MR) is 100 cm³/mol. The molecule has 0 radical (unpaired) electrons. The van der Waals surface area contributed by atoms with E-state index in [4.69, 9.17) is 21.7 Å². The summed E-state index contributed by atoms with van der Waals surface area (Å²) in [6, 6.07) is 10.5. The van der Waals surface area contributed by atoms with Crippen molar-refractivity contribution >= 4 is 17.3 Å². The molecule has 0 saturated heterocycles. The second-order valence-corrected chi connectivity index (χ2v) is 5.78. The summed E-state index contributed by atoms with van der Waals surface area (Å²) in [5.74, 6) is 1.12. The van der Waals surface area contributed by atoms with Crippen molar-refractivity contribution in [2.24, 2.45) is 0 Å². The molecule has 0 aromatic heterocycles. The van der Waals surface area contributed by atoms with Crippen LogP contribution in [0.15, 0.2) is 36.4 Å². The summed E-state index contributed by atoms with van der Waals surface area (Å²) in [4.78, 5) is 0. The lowest BCUT2D eigenvalue weighted by Gasteiger charge is -2.12. The molecule has 134 valence electrons. The SMILES string of the molecule is COc1ccc(CCNC(=S)NCc2ccc(O)c(O)c2)cc1OC. The molecule has 0 aliphatic rings. The van der Waals surface area contributed by atoms with Crippen molar-refractivity contribution in [1.82, 2.24) is 10.6 Å². The van der Waals surface area contributed by atoms with Crippen molar-refractivity contribution in [1.29, 1.82) is 0 Å². The summed E-state index contributed by atoms with van der Waals surface area (Å²) < 4.78 is 10.5. The average Bonchev–Trinajstić information content (AvgIpc) is 2.62. The van der Waals surface area contributed by atoms with Gasteiger partial charge in [0.1, 0.15) is 0 Å². The van der Waals surface area contributed by atoms with Crippen LogP contribution in [-0.4, -0.2) is 36.1 Å². The van der Waals surface area contributed by atoms with E-state index >= 15 is 0 Å². The van der Waals surface area contributed by atoms with Crippen LogP contribution in [-0.2, 0) is 13.0 Å². The van der Waals surface area contributed by atoms with Crippen molar-refractivity contribution in [3.8, 4) is 23.0 Å². The summed E-state index contributed by atoms with van der Waals surface area (Å²) in [5.41, 5.74) is 1.93. The minimum Gasteiger partial charge on any atom is -0.504 e. The Labute approximate surface area is 152 Å². The highest BCUT2D eigenvalue weighted by Crippen LogP contribution is 2.27. The van der Waals surface area contributed by atoms with Crippen molar-refractivity contribution < 1.29 is 19.7 Å². The molecule has 0 aliphatic heterocycles. The van der Waals surface area contributed by atoms with Gasteiger partial charge in [-0.15, -0.1) is 0 Å². The monoisotopic (exact) mass is 362 g/mol. The Morgan fingerprint density at radius 2 is 1.64 bits per heavy atom. The average molecular weight is 362 g/mol. The first-order valence-electron chi connectivity index (χ1n) is 7.77. The molecule has 0 atom stereocenters. The van der Waals surface area contributed by atoms with Crippen LogP contribution in [0.2, 0.25) is 0 Å². The molecule has 0 spiro atoms. The molecule has 0 fully saturated rings. The molecule has 2 aromatic carbocycles. The standard InChI is InChI=1S/C18H22N2O4S/c1-23-16-6-4-12(10-17(16)24-2)7-8-19-18(25)20-11-13-3-5-14(21)15(22)9-13/h3-6,9-10,21-22H,7-8,11H2,1-2H3,(H2,19,20,25). The molecule has 6 nitrogen and oxygen atoms in total. The minimum atomic E-state index is -0.147. The molecule has 0 heterocycles. The van der Waals surface area contributed by atoms with Crippen molar-refractivity contribution in [2.75, 3.05) is 20.8 Å². The van der Waals surface area contributed by atoms with Crippen LogP contribution in [0.1, 0.15) is 11.1 Å². The Hall–Kier alpha value is -2.67. The molecule has 0 unspecified atom stereocenters. The number of benzene rings is 2. The zero-order chi connectivity index (χ0) is 18.2. The zero-order valence-electron chi connectivity index (χ0n) is 14.2. The molecule has 2 rings (SSSR count). The fourth-order valence-corrected chi connectivity index (χ4v) is 2.45. The summed E-state index contributed by atoms with van der Waals surface area (Å²) >= 11 is 5.24. The van der Waals surface area contributed by atoms with Crippen LogP contribution in [0, 0.1) is 0 Å². The predicted octanol–water partition coefficient (Wildman–Crippen LogP) is 2.32. The maximum Gasteiger partial charge on any atom is 0.166 e. The number of aromatic hydroxyl groups is 2. The lowest BCUT2D eigenvalue weighted by atomic mass is 10.1. The molecule has 25 heavy (non-hydrogen) atoms. The van der Waals surface area contributed by atoms with Gasteiger partial charge in [0.15, 0.2) is 28.1 Å². The third kappa shape index (κ3) is 5.42. The Bertz CT molecular complexity index is 737. The van der Waals surface area contributed by atoms with E-state index < -0.39 is 0 Å². The van der Waals surface area contributed by atoms with Crippen LogP contribution in [0.3, 0.4) is 0 Å². The maximum absolute atomic E-state index is 9.47. The van der Waals surface area contributed by atoms with Crippen LogP contribution in [0.25, 0.3) is 0 Å². The van der Waals surface area contributed by atoms with E-state index in [2.05, 4.69) is 10.6 Å². The first-order valence-corrected chi connectivity index (χ1v) is 8.17. The van der Waals surface area contributed by atoms with Gasteiger partial charge in [-0.1, -0.05) is 12.1 Å². The third-order valence-corrected chi connectivity index (χ3v) is 3.93. The number of nitrogens with one attached hydrogen (secondary N) is 2. The van der Waals surface area contributed by atoms with E-state index in [1.54, 1.807) is 20.3 Å². The van der Waals surface area contributed by atoms with E-state index in [-0.39, 0.29) is 11.5 Å². The van der Waals surface area contributed by atoms with E-state index in [0.717, 1.165) is 17.5 Å². The molecule has 4 N–H and O–H groups in total. The van der Waals surface area contributed by atoms with Gasteiger partial charge in [0.25, 0.3) is 0 Å². The van der Waals surface area contributed by atoms with Crippen LogP contribution >= 0.6 is 12.2 Å². The molecule has 0 saturated carbocycles. The second-order valence-electron chi connectivity index (χ2n) is 5.37.